The highest BCUT2D eigenvalue weighted by Gasteiger charge is 2.33. The molecule has 0 radical (unpaired) electrons. The molecule has 0 spiro atoms. The molecule has 0 aliphatic carbocycles. The summed E-state index contributed by atoms with van der Waals surface area (Å²) in [6.07, 6.45) is 8.41. The van der Waals surface area contributed by atoms with E-state index < -0.39 is 17.8 Å². The highest BCUT2D eigenvalue weighted by molar-refractivity contribution is 6.02. The molecule has 3 saturated heterocycles. The molecule has 3 fully saturated rings. The monoisotopic (exact) mass is 808 g/mol. The van der Waals surface area contributed by atoms with E-state index in [1.165, 1.54) is 11.0 Å². The van der Waals surface area contributed by atoms with Crippen molar-refractivity contribution in [2.24, 2.45) is 5.92 Å². The summed E-state index contributed by atoms with van der Waals surface area (Å²) < 4.78 is 23.2. The molecule has 2 aromatic heterocycles. The van der Waals surface area contributed by atoms with Crippen LogP contribution in [0.5, 0.6) is 0 Å². The standard InChI is InChI=1S/C42H49FN10O6/c1-48(2)42(58)36-24-30-22-29(28-4-3-13-52(26-28)38(55)11-16-53-17-12-44-47-53)23-35(39(30)59-36)49-14-9-27(10-15-49)41(57)51-20-18-50(19-21-51)34-7-5-31(25-32(34)43)45-33-6-8-37(54)46-40(33)56/h4-5,7,12,17,22-25,27,33,45H,3,6,8-11,13-16,18-21,26H2,1-2H3,(H,46,54,56). The van der Waals surface area contributed by atoms with Gasteiger partial charge in [-0.25, -0.2) is 4.39 Å². The van der Waals surface area contributed by atoms with Crippen molar-refractivity contribution in [3.63, 3.8) is 0 Å². The number of benzene rings is 2. The van der Waals surface area contributed by atoms with Crippen LogP contribution in [0, 0.1) is 11.7 Å². The molecule has 8 rings (SSSR count). The van der Waals surface area contributed by atoms with Gasteiger partial charge in [-0.15, -0.1) is 5.10 Å². The Balaban J connectivity index is 0.904. The summed E-state index contributed by atoms with van der Waals surface area (Å²) in [5, 5.41) is 13.9. The fourth-order valence-corrected chi connectivity index (χ4v) is 8.45. The summed E-state index contributed by atoms with van der Waals surface area (Å²) in [6.45, 7) is 4.70. The molecule has 5 amide bonds. The number of carbonyl (C=O) groups excluding carboxylic acids is 5. The molecule has 2 N–H and O–H groups in total. The maximum atomic E-state index is 15.3. The Labute approximate surface area is 340 Å². The van der Waals surface area contributed by atoms with Crippen LogP contribution in [0.1, 0.15) is 54.6 Å². The molecule has 6 heterocycles. The van der Waals surface area contributed by atoms with E-state index in [1.54, 1.807) is 49.4 Å². The van der Waals surface area contributed by atoms with Crippen molar-refractivity contribution in [1.82, 2.24) is 35.0 Å². The molecule has 0 bridgehead atoms. The summed E-state index contributed by atoms with van der Waals surface area (Å²) in [5.41, 5.74) is 4.35. The maximum Gasteiger partial charge on any atom is 0.289 e. The van der Waals surface area contributed by atoms with E-state index in [2.05, 4.69) is 38.0 Å². The summed E-state index contributed by atoms with van der Waals surface area (Å²) in [6, 6.07) is 10.1. The SMILES string of the molecule is CN(C)C(=O)c1cc2cc(C3=CCCN(C(=O)CCn4ccnn4)C3)cc(N3CCC(C(=O)N4CCN(c5ccc(NC6CCC(=O)NC6=O)cc5F)CC4)CC3)c2o1. The number of rotatable bonds is 10. The largest absolute Gasteiger partial charge is 0.449 e. The lowest BCUT2D eigenvalue weighted by Crippen LogP contribution is -2.52. The average molecular weight is 809 g/mol. The van der Waals surface area contributed by atoms with E-state index in [4.69, 9.17) is 4.42 Å². The van der Waals surface area contributed by atoms with E-state index in [9.17, 15) is 24.0 Å². The molecule has 4 aliphatic rings. The van der Waals surface area contributed by atoms with Crippen LogP contribution in [0.4, 0.5) is 21.5 Å². The molecule has 1 atom stereocenters. The summed E-state index contributed by atoms with van der Waals surface area (Å²) in [4.78, 5) is 73.1. The molecule has 4 aliphatic heterocycles. The summed E-state index contributed by atoms with van der Waals surface area (Å²) in [7, 11) is 3.37. The average Bonchev–Trinajstić information content (AvgIpc) is 3.94. The second-order valence-corrected chi connectivity index (χ2v) is 15.9. The zero-order valence-corrected chi connectivity index (χ0v) is 33.4. The van der Waals surface area contributed by atoms with Crippen LogP contribution in [0.25, 0.3) is 16.5 Å². The third kappa shape index (κ3) is 8.64. The molecule has 0 saturated carbocycles. The Bertz CT molecular complexity index is 2270. The Morgan fingerprint density at radius 2 is 1.71 bits per heavy atom. The van der Waals surface area contributed by atoms with Gasteiger partial charge in [0.2, 0.25) is 23.6 Å². The minimum Gasteiger partial charge on any atom is -0.449 e. The number of piperazine rings is 1. The van der Waals surface area contributed by atoms with E-state index in [0.29, 0.717) is 102 Å². The van der Waals surface area contributed by atoms with Crippen molar-refractivity contribution in [1.29, 1.82) is 0 Å². The number of hydrogen-bond acceptors (Lipinski definition) is 11. The van der Waals surface area contributed by atoms with Crippen molar-refractivity contribution in [3.8, 4) is 0 Å². The first-order valence-electron chi connectivity index (χ1n) is 20.3. The lowest BCUT2D eigenvalue weighted by Gasteiger charge is -2.40. The number of amides is 5. The Hall–Kier alpha value is -6.26. The Kier molecular flexibility index (Phi) is 11.3. The zero-order chi connectivity index (χ0) is 41.2. The summed E-state index contributed by atoms with van der Waals surface area (Å²) in [5.74, 6) is -1.15. The lowest BCUT2D eigenvalue weighted by atomic mass is 9.93. The number of nitrogens with zero attached hydrogens (tertiary/aromatic N) is 8. The first kappa shape index (κ1) is 39.6. The van der Waals surface area contributed by atoms with Crippen LogP contribution < -0.4 is 20.4 Å². The van der Waals surface area contributed by atoms with Gasteiger partial charge >= 0.3 is 0 Å². The molecular weight excluding hydrogens is 760 g/mol. The number of hydrogen-bond donors (Lipinski definition) is 2. The van der Waals surface area contributed by atoms with Crippen LogP contribution in [0.2, 0.25) is 0 Å². The second kappa shape index (κ2) is 16.9. The molecule has 1 unspecified atom stereocenters. The van der Waals surface area contributed by atoms with Gasteiger partial charge in [-0.05, 0) is 73.2 Å². The molecule has 2 aromatic carbocycles. The van der Waals surface area contributed by atoms with Crippen LogP contribution in [0.3, 0.4) is 0 Å². The van der Waals surface area contributed by atoms with Gasteiger partial charge in [-0.1, -0.05) is 11.3 Å². The molecule has 17 heteroatoms. The number of imide groups is 1. The predicted octanol–water partition coefficient (Wildman–Crippen LogP) is 3.35. The maximum absolute atomic E-state index is 15.3. The Morgan fingerprint density at radius 3 is 2.42 bits per heavy atom. The number of carbonyl (C=O) groups is 5. The van der Waals surface area contributed by atoms with Crippen molar-refractivity contribution < 1.29 is 32.8 Å². The normalized spacial score (nSPS) is 19.2. The molecule has 310 valence electrons. The van der Waals surface area contributed by atoms with E-state index >= 15 is 4.39 Å². The first-order chi connectivity index (χ1) is 28.5. The zero-order valence-electron chi connectivity index (χ0n) is 33.4. The number of halogens is 1. The van der Waals surface area contributed by atoms with Crippen molar-refractivity contribution in [2.45, 2.75) is 51.1 Å². The molecule has 59 heavy (non-hydrogen) atoms. The minimum atomic E-state index is -0.603. The highest BCUT2D eigenvalue weighted by atomic mass is 19.1. The number of aryl methyl sites for hydroxylation is 1. The lowest BCUT2D eigenvalue weighted by molar-refractivity contribution is -0.136. The smallest absolute Gasteiger partial charge is 0.289 e. The number of fused-ring (bicyclic) bond motifs is 1. The van der Waals surface area contributed by atoms with Gasteiger partial charge in [0.15, 0.2) is 11.3 Å². The van der Waals surface area contributed by atoms with Crippen LogP contribution >= 0.6 is 0 Å². The van der Waals surface area contributed by atoms with Gasteiger partial charge in [0.1, 0.15) is 11.9 Å². The molecule has 16 nitrogen and oxygen atoms in total. The number of piperidine rings is 2. The molecule has 4 aromatic rings. The first-order valence-corrected chi connectivity index (χ1v) is 20.3. The topological polar surface area (TPSA) is 169 Å². The number of aromatic nitrogens is 3. The van der Waals surface area contributed by atoms with Gasteiger partial charge in [0.05, 0.1) is 24.1 Å². The van der Waals surface area contributed by atoms with Gasteiger partial charge in [-0.3, -0.25) is 34.0 Å². The number of furan rings is 1. The van der Waals surface area contributed by atoms with Crippen LogP contribution in [-0.4, -0.2) is 132 Å². The second-order valence-electron chi connectivity index (χ2n) is 15.9. The summed E-state index contributed by atoms with van der Waals surface area (Å²) >= 11 is 0. The predicted molar refractivity (Wildman–Crippen MR) is 218 cm³/mol. The fourth-order valence-electron chi connectivity index (χ4n) is 8.45. The van der Waals surface area contributed by atoms with Gasteiger partial charge < -0.3 is 34.2 Å². The molecular formula is C42H49FN10O6. The fraction of sp³-hybridized carbons (Fsp3) is 0.452. The van der Waals surface area contributed by atoms with Crippen molar-refractivity contribution >= 4 is 63.1 Å². The van der Waals surface area contributed by atoms with Gasteiger partial charge in [0.25, 0.3) is 5.91 Å². The van der Waals surface area contributed by atoms with Crippen molar-refractivity contribution in [2.75, 3.05) is 81.6 Å². The van der Waals surface area contributed by atoms with Crippen molar-refractivity contribution in [3.05, 3.63) is 72.0 Å². The van der Waals surface area contributed by atoms with E-state index in [1.807, 2.05) is 20.8 Å². The quantitative estimate of drug-likeness (QED) is 0.226. The van der Waals surface area contributed by atoms with Crippen LogP contribution in [-0.2, 0) is 25.7 Å². The third-order valence-corrected chi connectivity index (χ3v) is 11.8. The Morgan fingerprint density at radius 1 is 0.932 bits per heavy atom. The van der Waals surface area contributed by atoms with E-state index in [0.717, 1.165) is 28.6 Å². The van der Waals surface area contributed by atoms with E-state index in [-0.39, 0.29) is 41.7 Å². The minimum absolute atomic E-state index is 0.0464. The number of anilines is 3. The van der Waals surface area contributed by atoms with Crippen LogP contribution in [0.15, 0.2) is 59.3 Å². The highest BCUT2D eigenvalue weighted by Crippen LogP contribution is 2.37. The van der Waals surface area contributed by atoms with Gasteiger partial charge in [0, 0.05) is 102 Å². The van der Waals surface area contributed by atoms with Gasteiger partial charge in [-0.2, -0.15) is 0 Å². The number of nitrogens with one attached hydrogen (secondary N) is 2. The third-order valence-electron chi connectivity index (χ3n) is 11.8.